The van der Waals surface area contributed by atoms with Crippen molar-refractivity contribution in [3.05, 3.63) is 82.1 Å². The monoisotopic (exact) mass is 280 g/mol. The second-order valence-corrected chi connectivity index (χ2v) is 5.41. The van der Waals surface area contributed by atoms with Gasteiger partial charge in [0, 0.05) is 12.0 Å². The topological polar surface area (TPSA) is 9.23 Å². The molecule has 2 heteroatoms. The molecular formula is C18H13ClO. The number of rotatable bonds is 2. The lowest BCUT2D eigenvalue weighted by Crippen LogP contribution is -1.91. The molecule has 0 saturated heterocycles. The number of allylic oxidation sites excluding steroid dienone is 3. The molecule has 0 aliphatic heterocycles. The van der Waals surface area contributed by atoms with Crippen LogP contribution in [0, 0.1) is 0 Å². The first-order chi connectivity index (χ1) is 9.86. The second kappa shape index (κ2) is 4.53. The molecule has 2 aliphatic carbocycles. The Morgan fingerprint density at radius 3 is 2.40 bits per heavy atom. The molecule has 0 bridgehead atoms. The molecule has 1 nitrogen and oxygen atoms in total. The third-order valence-electron chi connectivity index (χ3n) is 4.10. The van der Waals surface area contributed by atoms with Gasteiger partial charge in [0.15, 0.2) is 0 Å². The molecule has 4 rings (SSSR count). The zero-order valence-electron chi connectivity index (χ0n) is 10.9. The van der Waals surface area contributed by atoms with Gasteiger partial charge in [-0.1, -0.05) is 54.6 Å². The molecule has 0 radical (unpaired) electrons. The lowest BCUT2D eigenvalue weighted by atomic mass is 9.97. The van der Waals surface area contributed by atoms with E-state index >= 15 is 0 Å². The lowest BCUT2D eigenvalue weighted by molar-refractivity contribution is 0.465. The average Bonchev–Trinajstić information content (AvgIpc) is 3.07. The van der Waals surface area contributed by atoms with Gasteiger partial charge in [-0.25, -0.2) is 0 Å². The molecule has 0 atom stereocenters. The number of fused-ring (bicyclic) bond motifs is 2. The summed E-state index contributed by atoms with van der Waals surface area (Å²) in [5.74, 6) is 0.868. The fourth-order valence-electron chi connectivity index (χ4n) is 3.19. The molecule has 2 aromatic carbocycles. The first-order valence-corrected chi connectivity index (χ1v) is 7.06. The molecule has 2 aromatic rings. The SMILES string of the molecule is ClOC1=C(C2=Cc3ccccc3C2)c2ccccc2C1. The zero-order valence-corrected chi connectivity index (χ0v) is 11.7. The van der Waals surface area contributed by atoms with E-state index in [4.69, 9.17) is 16.2 Å². The molecule has 0 fully saturated rings. The largest absolute Gasteiger partial charge is 0.389 e. The smallest absolute Gasteiger partial charge is 0.135 e. The first-order valence-electron chi connectivity index (χ1n) is 6.75. The van der Waals surface area contributed by atoms with Crippen LogP contribution in [0.15, 0.2) is 59.9 Å². The molecule has 20 heavy (non-hydrogen) atoms. The minimum absolute atomic E-state index is 0.780. The zero-order chi connectivity index (χ0) is 13.5. The Hall–Kier alpha value is -1.99. The Labute approximate surface area is 123 Å². The Kier molecular flexibility index (Phi) is 2.68. The predicted molar refractivity (Wildman–Crippen MR) is 82.1 cm³/mol. The normalized spacial score (nSPS) is 15.9. The summed E-state index contributed by atoms with van der Waals surface area (Å²) >= 11 is 5.70. The van der Waals surface area contributed by atoms with Crippen molar-refractivity contribution in [2.75, 3.05) is 0 Å². The summed E-state index contributed by atoms with van der Waals surface area (Å²) in [7, 11) is 0. The van der Waals surface area contributed by atoms with E-state index in [2.05, 4.69) is 54.6 Å². The minimum atomic E-state index is 0.780. The maximum atomic E-state index is 5.70. The van der Waals surface area contributed by atoms with Gasteiger partial charge in [0.05, 0.1) is 0 Å². The highest BCUT2D eigenvalue weighted by molar-refractivity contribution is 6.09. The van der Waals surface area contributed by atoms with Gasteiger partial charge >= 0.3 is 0 Å². The van der Waals surface area contributed by atoms with Crippen molar-refractivity contribution in [1.29, 1.82) is 0 Å². The van der Waals surface area contributed by atoms with Crippen molar-refractivity contribution in [3.8, 4) is 0 Å². The summed E-state index contributed by atoms with van der Waals surface area (Å²) in [4.78, 5) is 0. The highest BCUT2D eigenvalue weighted by atomic mass is 35.5. The molecule has 0 heterocycles. The molecule has 0 aromatic heterocycles. The maximum absolute atomic E-state index is 5.70. The molecule has 0 amide bonds. The van der Waals surface area contributed by atoms with Crippen LogP contribution in [-0.4, -0.2) is 0 Å². The van der Waals surface area contributed by atoms with E-state index in [0.717, 1.165) is 18.6 Å². The summed E-state index contributed by atoms with van der Waals surface area (Å²) in [6, 6.07) is 16.9. The molecular weight excluding hydrogens is 268 g/mol. The van der Waals surface area contributed by atoms with E-state index in [1.807, 2.05) is 0 Å². The maximum Gasteiger partial charge on any atom is 0.135 e. The number of benzene rings is 2. The van der Waals surface area contributed by atoms with Crippen molar-refractivity contribution < 1.29 is 4.29 Å². The molecule has 2 aliphatic rings. The van der Waals surface area contributed by atoms with Crippen LogP contribution in [0.2, 0.25) is 0 Å². The van der Waals surface area contributed by atoms with Gasteiger partial charge in [0.1, 0.15) is 17.6 Å². The minimum Gasteiger partial charge on any atom is -0.389 e. The quantitative estimate of drug-likeness (QED) is 0.770. The molecule has 0 unspecified atom stereocenters. The van der Waals surface area contributed by atoms with Gasteiger partial charge in [-0.15, -0.1) is 0 Å². The highest BCUT2D eigenvalue weighted by Gasteiger charge is 2.27. The van der Waals surface area contributed by atoms with Gasteiger partial charge in [-0.3, -0.25) is 0 Å². The third-order valence-corrected chi connectivity index (χ3v) is 4.28. The van der Waals surface area contributed by atoms with Crippen molar-refractivity contribution in [2.45, 2.75) is 12.8 Å². The van der Waals surface area contributed by atoms with Crippen molar-refractivity contribution in [1.82, 2.24) is 0 Å². The average molecular weight is 281 g/mol. The van der Waals surface area contributed by atoms with Crippen molar-refractivity contribution in [2.24, 2.45) is 0 Å². The van der Waals surface area contributed by atoms with Crippen molar-refractivity contribution in [3.63, 3.8) is 0 Å². The van der Waals surface area contributed by atoms with Crippen LogP contribution in [0.25, 0.3) is 11.6 Å². The molecule has 0 spiro atoms. The summed E-state index contributed by atoms with van der Waals surface area (Å²) in [6.45, 7) is 0. The van der Waals surface area contributed by atoms with E-state index in [-0.39, 0.29) is 0 Å². The van der Waals surface area contributed by atoms with Gasteiger partial charge in [-0.2, -0.15) is 0 Å². The van der Waals surface area contributed by atoms with E-state index in [0.29, 0.717) is 0 Å². The number of halogens is 1. The van der Waals surface area contributed by atoms with E-state index in [9.17, 15) is 0 Å². The van der Waals surface area contributed by atoms with Crippen molar-refractivity contribution >= 4 is 23.5 Å². The van der Waals surface area contributed by atoms with Gasteiger partial charge in [0.25, 0.3) is 0 Å². The lowest BCUT2D eigenvalue weighted by Gasteiger charge is -2.07. The highest BCUT2D eigenvalue weighted by Crippen LogP contribution is 2.42. The van der Waals surface area contributed by atoms with E-state index < -0.39 is 0 Å². The predicted octanol–water partition coefficient (Wildman–Crippen LogP) is 4.76. The fraction of sp³-hybridized carbons (Fsp3) is 0.111. The molecule has 0 N–H and O–H groups in total. The molecule has 98 valence electrons. The van der Waals surface area contributed by atoms with E-state index in [1.165, 1.54) is 33.4 Å². The van der Waals surface area contributed by atoms with Crippen LogP contribution < -0.4 is 0 Å². The first kappa shape index (κ1) is 11.8. The Morgan fingerprint density at radius 2 is 1.60 bits per heavy atom. The summed E-state index contributed by atoms with van der Waals surface area (Å²) < 4.78 is 5.13. The summed E-state index contributed by atoms with van der Waals surface area (Å²) in [6.07, 6.45) is 3.98. The van der Waals surface area contributed by atoms with Gasteiger partial charge < -0.3 is 4.29 Å². The fourth-order valence-corrected chi connectivity index (χ4v) is 3.32. The van der Waals surface area contributed by atoms with Crippen LogP contribution in [0.1, 0.15) is 22.3 Å². The van der Waals surface area contributed by atoms with Crippen LogP contribution >= 0.6 is 11.9 Å². The summed E-state index contributed by atoms with van der Waals surface area (Å²) in [5.41, 5.74) is 7.68. The Balaban J connectivity index is 1.83. The summed E-state index contributed by atoms with van der Waals surface area (Å²) in [5, 5.41) is 0. The van der Waals surface area contributed by atoms with E-state index in [1.54, 1.807) is 0 Å². The second-order valence-electron chi connectivity index (χ2n) is 5.25. The van der Waals surface area contributed by atoms with Crippen LogP contribution in [0.5, 0.6) is 0 Å². The van der Waals surface area contributed by atoms with Gasteiger partial charge in [0.2, 0.25) is 0 Å². The van der Waals surface area contributed by atoms with Crippen LogP contribution in [0.4, 0.5) is 0 Å². The Bertz CT molecular complexity index is 756. The number of hydrogen-bond acceptors (Lipinski definition) is 1. The molecule has 0 saturated carbocycles. The van der Waals surface area contributed by atoms with Crippen LogP contribution in [-0.2, 0) is 17.1 Å². The third kappa shape index (κ3) is 1.70. The Morgan fingerprint density at radius 1 is 0.850 bits per heavy atom. The van der Waals surface area contributed by atoms with Crippen LogP contribution in [0.3, 0.4) is 0 Å². The van der Waals surface area contributed by atoms with Gasteiger partial charge in [-0.05, 0) is 34.2 Å². The number of hydrogen-bond donors (Lipinski definition) is 0. The standard InChI is InChI=1S/C18H13ClO/c19-20-17-11-14-7-3-4-8-16(14)18(17)15-9-12-5-1-2-6-13(12)10-15/h1-9H,10-11H2.